The molecule has 0 aliphatic rings. The van der Waals surface area contributed by atoms with E-state index in [9.17, 15) is 4.79 Å². The molecule has 0 spiro atoms. The summed E-state index contributed by atoms with van der Waals surface area (Å²) in [6.07, 6.45) is 6.64. The summed E-state index contributed by atoms with van der Waals surface area (Å²) >= 11 is 0. The maximum atomic E-state index is 10.1. The van der Waals surface area contributed by atoms with Crippen LogP contribution < -0.4 is 20.9 Å². The third kappa shape index (κ3) is 4.44. The van der Waals surface area contributed by atoms with Crippen LogP contribution in [0.4, 0.5) is 5.95 Å². The fourth-order valence-electron chi connectivity index (χ4n) is 1.69. The molecule has 6 nitrogen and oxygen atoms in total. The molecular weight excluding hydrogens is 218 g/mol. The number of nitrogen functional groups attached to an aromatic ring is 1. The number of hydrogen-bond acceptors (Lipinski definition) is 3. The van der Waals surface area contributed by atoms with E-state index in [1.807, 2.05) is 28.6 Å². The molecule has 1 aromatic heterocycles. The van der Waals surface area contributed by atoms with Crippen LogP contribution in [0.1, 0.15) is 12.8 Å². The Hall–Kier alpha value is -1.56. The molecule has 1 aromatic rings. The van der Waals surface area contributed by atoms with Crippen LogP contribution in [-0.4, -0.2) is 31.1 Å². The highest BCUT2D eigenvalue weighted by atomic mass is 16.1. The molecule has 96 valence electrons. The Morgan fingerprint density at radius 3 is 3.00 bits per heavy atom. The zero-order valence-electron chi connectivity index (χ0n) is 10.4. The minimum Gasteiger partial charge on any atom is -0.359 e. The second-order valence-corrected chi connectivity index (χ2v) is 3.93. The van der Waals surface area contributed by atoms with E-state index < -0.39 is 0 Å². The average molecular weight is 240 g/mol. The topological polar surface area (TPSA) is 76.0 Å². The van der Waals surface area contributed by atoms with Gasteiger partial charge in [0.25, 0.3) is 0 Å². The second kappa shape index (κ2) is 7.67. The largest absolute Gasteiger partial charge is 0.359 e. The molecule has 0 aliphatic heterocycles. The molecule has 0 bridgehead atoms. The molecule has 0 saturated carbocycles. The van der Waals surface area contributed by atoms with Gasteiger partial charge < -0.3 is 10.6 Å². The number of nitrogens with zero attached hydrogens (tertiary/aromatic N) is 2. The van der Waals surface area contributed by atoms with Crippen molar-refractivity contribution in [3.8, 4) is 0 Å². The van der Waals surface area contributed by atoms with Crippen molar-refractivity contribution in [3.63, 3.8) is 0 Å². The van der Waals surface area contributed by atoms with Gasteiger partial charge in [-0.05, 0) is 26.4 Å². The Bertz CT molecular complexity index is 337. The predicted molar refractivity (Wildman–Crippen MR) is 66.3 cm³/mol. The van der Waals surface area contributed by atoms with Gasteiger partial charge in [0, 0.05) is 6.54 Å². The Balaban J connectivity index is 2.37. The van der Waals surface area contributed by atoms with Crippen molar-refractivity contribution in [2.45, 2.75) is 25.9 Å². The zero-order chi connectivity index (χ0) is 12.5. The first-order valence-corrected chi connectivity index (χ1v) is 5.95. The molecule has 6 heteroatoms. The Morgan fingerprint density at radius 2 is 2.29 bits per heavy atom. The van der Waals surface area contributed by atoms with E-state index >= 15 is 0 Å². The molecule has 1 rings (SSSR count). The first kappa shape index (κ1) is 13.5. The summed E-state index contributed by atoms with van der Waals surface area (Å²) in [5, 5.41) is 5.75. The molecule has 17 heavy (non-hydrogen) atoms. The molecule has 0 atom stereocenters. The lowest BCUT2D eigenvalue weighted by Crippen LogP contribution is -2.37. The van der Waals surface area contributed by atoms with E-state index in [1.54, 1.807) is 0 Å². The molecule has 0 aromatic carbocycles. The van der Waals surface area contributed by atoms with Gasteiger partial charge in [0.2, 0.25) is 6.41 Å². The van der Waals surface area contributed by atoms with Gasteiger partial charge in [-0.15, -0.1) is 0 Å². The second-order valence-electron chi connectivity index (χ2n) is 3.93. The summed E-state index contributed by atoms with van der Waals surface area (Å²) in [5.74, 6) is 0.771. The number of nitrogens with one attached hydrogen (secondary N) is 2. The lowest BCUT2D eigenvalue weighted by molar-refractivity contribution is -0.682. The number of imidazole rings is 1. The molecule has 0 radical (unpaired) electrons. The Kier molecular flexibility index (Phi) is 6.09. The van der Waals surface area contributed by atoms with Gasteiger partial charge in [-0.3, -0.25) is 10.5 Å². The number of nitrogens with two attached hydrogens (primary N) is 1. The van der Waals surface area contributed by atoms with Crippen LogP contribution in [-0.2, 0) is 17.9 Å². The van der Waals surface area contributed by atoms with Crippen molar-refractivity contribution in [1.82, 2.24) is 15.2 Å². The smallest absolute Gasteiger partial charge is 0.355 e. The molecule has 1 amide bonds. The van der Waals surface area contributed by atoms with Crippen LogP contribution in [0, 0.1) is 0 Å². The maximum Gasteiger partial charge on any atom is 0.355 e. The number of hydrogen-bond donors (Lipinski definition) is 3. The van der Waals surface area contributed by atoms with Crippen LogP contribution >= 0.6 is 0 Å². The Morgan fingerprint density at radius 1 is 1.47 bits per heavy atom. The van der Waals surface area contributed by atoms with Crippen molar-refractivity contribution in [2.75, 3.05) is 25.9 Å². The van der Waals surface area contributed by atoms with Gasteiger partial charge in [-0.25, -0.2) is 9.13 Å². The van der Waals surface area contributed by atoms with Gasteiger partial charge in [0.15, 0.2) is 0 Å². The highest BCUT2D eigenvalue weighted by Crippen LogP contribution is 1.99. The van der Waals surface area contributed by atoms with Gasteiger partial charge in [-0.1, -0.05) is 0 Å². The van der Waals surface area contributed by atoms with Gasteiger partial charge in [0.05, 0.1) is 25.5 Å². The number of anilines is 1. The van der Waals surface area contributed by atoms with Crippen molar-refractivity contribution < 1.29 is 9.36 Å². The molecule has 0 fully saturated rings. The molecule has 1 heterocycles. The van der Waals surface area contributed by atoms with Crippen LogP contribution in [0.5, 0.6) is 0 Å². The van der Waals surface area contributed by atoms with E-state index in [1.165, 1.54) is 0 Å². The van der Waals surface area contributed by atoms with Crippen molar-refractivity contribution in [1.29, 1.82) is 0 Å². The van der Waals surface area contributed by atoms with E-state index in [2.05, 4.69) is 10.6 Å². The van der Waals surface area contributed by atoms with E-state index in [-0.39, 0.29) is 0 Å². The Labute approximate surface area is 102 Å². The molecule has 0 unspecified atom stereocenters. The fourth-order valence-corrected chi connectivity index (χ4v) is 1.69. The zero-order valence-corrected chi connectivity index (χ0v) is 10.4. The monoisotopic (exact) mass is 240 g/mol. The summed E-state index contributed by atoms with van der Waals surface area (Å²) in [6.45, 7) is 3.42. The third-order valence-electron chi connectivity index (χ3n) is 2.64. The molecule has 0 saturated heterocycles. The van der Waals surface area contributed by atoms with E-state index in [0.29, 0.717) is 6.54 Å². The fraction of sp³-hybridized carbons (Fsp3) is 0.636. The van der Waals surface area contributed by atoms with Crippen LogP contribution in [0.3, 0.4) is 0 Å². The minimum atomic E-state index is 0.681. The number of aromatic nitrogens is 2. The SMILES string of the molecule is CNCCCn1cc[n+](CCCNC=O)c1N. The number of amides is 1. The average Bonchev–Trinajstić information content (AvgIpc) is 2.67. The van der Waals surface area contributed by atoms with Crippen LogP contribution in [0.25, 0.3) is 0 Å². The van der Waals surface area contributed by atoms with Crippen molar-refractivity contribution in [2.24, 2.45) is 0 Å². The van der Waals surface area contributed by atoms with Crippen molar-refractivity contribution >= 4 is 12.4 Å². The predicted octanol–water partition coefficient (Wildman–Crippen LogP) is -0.897. The highest BCUT2D eigenvalue weighted by molar-refractivity contribution is 5.45. The minimum absolute atomic E-state index is 0.681. The first-order chi connectivity index (χ1) is 8.29. The summed E-state index contributed by atoms with van der Waals surface area (Å²) in [5.41, 5.74) is 6.02. The molecular formula is C11H22N5O+. The lowest BCUT2D eigenvalue weighted by Gasteiger charge is -2.02. The first-order valence-electron chi connectivity index (χ1n) is 5.95. The van der Waals surface area contributed by atoms with Crippen molar-refractivity contribution in [3.05, 3.63) is 12.4 Å². The molecule has 4 N–H and O–H groups in total. The highest BCUT2D eigenvalue weighted by Gasteiger charge is 2.10. The van der Waals surface area contributed by atoms with Gasteiger partial charge in [-0.2, -0.15) is 0 Å². The standard InChI is InChI=1S/C11H21N5O/c1-13-4-2-6-15-8-9-16(11(15)12)7-3-5-14-10-17/h8-10,12-13H,2-7H2,1H3,(H,14,17)/p+1. The number of carbonyl (C=O) groups excluding carboxylic acids is 1. The number of aryl methyl sites for hydroxylation is 2. The van der Waals surface area contributed by atoms with Gasteiger partial charge in [0.1, 0.15) is 0 Å². The lowest BCUT2D eigenvalue weighted by atomic mass is 10.4. The molecule has 0 aliphatic carbocycles. The summed E-state index contributed by atoms with van der Waals surface area (Å²) in [7, 11) is 1.94. The van der Waals surface area contributed by atoms with E-state index in [4.69, 9.17) is 5.73 Å². The number of carbonyl (C=O) groups is 1. The summed E-state index contributed by atoms with van der Waals surface area (Å²) < 4.78 is 4.05. The maximum absolute atomic E-state index is 10.1. The van der Waals surface area contributed by atoms with Gasteiger partial charge >= 0.3 is 5.95 Å². The van der Waals surface area contributed by atoms with Crippen LogP contribution in [0.2, 0.25) is 0 Å². The third-order valence-corrected chi connectivity index (χ3v) is 2.64. The summed E-state index contributed by atoms with van der Waals surface area (Å²) in [4.78, 5) is 10.1. The van der Waals surface area contributed by atoms with E-state index in [0.717, 1.165) is 44.8 Å². The number of rotatable bonds is 9. The van der Waals surface area contributed by atoms with Crippen LogP contribution in [0.15, 0.2) is 12.4 Å². The quantitative estimate of drug-likeness (QED) is 0.297. The summed E-state index contributed by atoms with van der Waals surface area (Å²) in [6, 6.07) is 0. The normalized spacial score (nSPS) is 10.4.